The lowest BCUT2D eigenvalue weighted by atomic mass is 10.0. The highest BCUT2D eigenvalue weighted by atomic mass is 16.5. The van der Waals surface area contributed by atoms with Crippen molar-refractivity contribution in [1.29, 1.82) is 0 Å². The quantitative estimate of drug-likeness (QED) is 0.783. The minimum atomic E-state index is 0.180. The first-order valence-electron chi connectivity index (χ1n) is 7.08. The lowest BCUT2D eigenvalue weighted by Crippen LogP contribution is -2.31. The van der Waals surface area contributed by atoms with E-state index in [4.69, 9.17) is 9.26 Å². The minimum Gasteiger partial charge on any atom is -0.379 e. The number of hydrogen-bond donors (Lipinski definition) is 1. The molecule has 1 fully saturated rings. The number of rotatable bonds is 7. The molecule has 2 unspecified atom stereocenters. The van der Waals surface area contributed by atoms with Crippen LogP contribution in [0.25, 0.3) is 0 Å². The van der Waals surface area contributed by atoms with Gasteiger partial charge in [-0.05, 0) is 20.1 Å². The molecule has 0 aliphatic carbocycles. The summed E-state index contributed by atoms with van der Waals surface area (Å²) in [7, 11) is 1.93. The Labute approximate surface area is 114 Å². The normalized spacial score (nSPS) is 23.4. The molecule has 1 aromatic rings. The van der Waals surface area contributed by atoms with Gasteiger partial charge in [0.2, 0.25) is 5.89 Å². The predicted octanol–water partition coefficient (Wildman–Crippen LogP) is 0.656. The number of hydrogen-bond acceptors (Lipinski definition) is 6. The van der Waals surface area contributed by atoms with E-state index in [2.05, 4.69) is 34.2 Å². The van der Waals surface area contributed by atoms with Gasteiger partial charge in [-0.2, -0.15) is 4.98 Å². The Hall–Kier alpha value is -0.980. The molecule has 1 aromatic heterocycles. The van der Waals surface area contributed by atoms with E-state index in [1.54, 1.807) is 0 Å². The molecule has 0 saturated carbocycles. The molecule has 0 radical (unpaired) electrons. The second-order valence-corrected chi connectivity index (χ2v) is 4.86. The molecule has 2 heterocycles. The van der Waals surface area contributed by atoms with Crippen molar-refractivity contribution in [1.82, 2.24) is 20.4 Å². The van der Waals surface area contributed by atoms with Crippen molar-refractivity contribution in [2.75, 3.05) is 39.9 Å². The van der Waals surface area contributed by atoms with E-state index in [-0.39, 0.29) is 12.0 Å². The summed E-state index contributed by atoms with van der Waals surface area (Å²) in [4.78, 5) is 6.86. The van der Waals surface area contributed by atoms with Gasteiger partial charge in [-0.1, -0.05) is 19.0 Å². The maximum Gasteiger partial charge on any atom is 0.233 e. The molecule has 2 rings (SSSR count). The van der Waals surface area contributed by atoms with Crippen molar-refractivity contribution in [2.45, 2.75) is 32.2 Å². The molecule has 1 N–H and O–H groups in total. The predicted molar refractivity (Wildman–Crippen MR) is 72.2 cm³/mol. The highest BCUT2D eigenvalue weighted by Gasteiger charge is 2.32. The zero-order chi connectivity index (χ0) is 13.7. The molecule has 6 heteroatoms. The van der Waals surface area contributed by atoms with Gasteiger partial charge >= 0.3 is 0 Å². The van der Waals surface area contributed by atoms with Crippen molar-refractivity contribution in [3.63, 3.8) is 0 Å². The standard InChI is InChI=1S/C13H24N4O2/c1-4-17(5-2)7-6-12-15-13(19-16-12)10-8-18-9-11(10)14-3/h10-11,14H,4-9H2,1-3H3. The summed E-state index contributed by atoms with van der Waals surface area (Å²) in [6.45, 7) is 8.78. The summed E-state index contributed by atoms with van der Waals surface area (Å²) >= 11 is 0. The van der Waals surface area contributed by atoms with Gasteiger partial charge in [-0.3, -0.25) is 0 Å². The lowest BCUT2D eigenvalue weighted by Gasteiger charge is -2.16. The van der Waals surface area contributed by atoms with Crippen LogP contribution in [0.1, 0.15) is 31.5 Å². The Morgan fingerprint density at radius 2 is 2.11 bits per heavy atom. The molecule has 1 saturated heterocycles. The van der Waals surface area contributed by atoms with Gasteiger partial charge in [-0.15, -0.1) is 0 Å². The summed E-state index contributed by atoms with van der Waals surface area (Å²) in [6.07, 6.45) is 0.836. The zero-order valence-corrected chi connectivity index (χ0v) is 12.1. The highest BCUT2D eigenvalue weighted by Crippen LogP contribution is 2.24. The van der Waals surface area contributed by atoms with Crippen LogP contribution in [0.2, 0.25) is 0 Å². The van der Waals surface area contributed by atoms with E-state index in [0.717, 1.165) is 31.9 Å². The summed E-state index contributed by atoms with van der Waals surface area (Å²) in [5.41, 5.74) is 0. The lowest BCUT2D eigenvalue weighted by molar-refractivity contribution is 0.185. The molecule has 0 aromatic carbocycles. The molecule has 0 spiro atoms. The number of nitrogens with one attached hydrogen (secondary N) is 1. The van der Waals surface area contributed by atoms with Crippen LogP contribution in [-0.2, 0) is 11.2 Å². The van der Waals surface area contributed by atoms with Gasteiger partial charge in [0, 0.05) is 19.0 Å². The Balaban J connectivity index is 1.91. The van der Waals surface area contributed by atoms with Gasteiger partial charge in [0.25, 0.3) is 0 Å². The molecule has 0 amide bonds. The molecule has 1 aliphatic heterocycles. The first-order valence-corrected chi connectivity index (χ1v) is 7.08. The molecule has 6 nitrogen and oxygen atoms in total. The molecule has 1 aliphatic rings. The molecule has 0 bridgehead atoms. The highest BCUT2D eigenvalue weighted by molar-refractivity contribution is 5.02. The van der Waals surface area contributed by atoms with E-state index in [1.807, 2.05) is 7.05 Å². The van der Waals surface area contributed by atoms with Crippen molar-refractivity contribution in [3.8, 4) is 0 Å². The van der Waals surface area contributed by atoms with Gasteiger partial charge < -0.3 is 19.5 Å². The first-order chi connectivity index (χ1) is 9.28. The topological polar surface area (TPSA) is 63.4 Å². The largest absolute Gasteiger partial charge is 0.379 e. The fraction of sp³-hybridized carbons (Fsp3) is 0.846. The van der Waals surface area contributed by atoms with Crippen LogP contribution in [0.15, 0.2) is 4.52 Å². The van der Waals surface area contributed by atoms with Crippen molar-refractivity contribution >= 4 is 0 Å². The van der Waals surface area contributed by atoms with Crippen LogP contribution in [0.3, 0.4) is 0 Å². The van der Waals surface area contributed by atoms with E-state index < -0.39 is 0 Å². The summed E-state index contributed by atoms with van der Waals surface area (Å²) in [6, 6.07) is 0.274. The van der Waals surface area contributed by atoms with E-state index in [9.17, 15) is 0 Å². The summed E-state index contributed by atoms with van der Waals surface area (Å²) < 4.78 is 10.8. The van der Waals surface area contributed by atoms with Crippen LogP contribution in [0.5, 0.6) is 0 Å². The average molecular weight is 268 g/mol. The van der Waals surface area contributed by atoms with Crippen LogP contribution in [-0.4, -0.2) is 61.0 Å². The maximum atomic E-state index is 5.46. The van der Waals surface area contributed by atoms with Crippen LogP contribution >= 0.6 is 0 Å². The third-order valence-electron chi connectivity index (χ3n) is 3.80. The van der Waals surface area contributed by atoms with Crippen molar-refractivity contribution in [2.24, 2.45) is 0 Å². The summed E-state index contributed by atoms with van der Waals surface area (Å²) in [5.74, 6) is 1.68. The SMILES string of the molecule is CCN(CC)CCc1noc(C2COCC2NC)n1. The molecular weight excluding hydrogens is 244 g/mol. The number of ether oxygens (including phenoxy) is 1. The first kappa shape index (κ1) is 14.4. The Kier molecular flexibility index (Phi) is 5.30. The van der Waals surface area contributed by atoms with Gasteiger partial charge in [0.1, 0.15) is 0 Å². The average Bonchev–Trinajstić information content (AvgIpc) is 3.07. The Morgan fingerprint density at radius 1 is 1.32 bits per heavy atom. The third-order valence-corrected chi connectivity index (χ3v) is 3.80. The minimum absolute atomic E-state index is 0.180. The van der Waals surface area contributed by atoms with Crippen molar-refractivity contribution in [3.05, 3.63) is 11.7 Å². The second kappa shape index (κ2) is 6.98. The smallest absolute Gasteiger partial charge is 0.233 e. The number of likely N-dealkylation sites (N-methyl/N-ethyl adjacent to an activating group) is 2. The third kappa shape index (κ3) is 3.52. The number of nitrogens with zero attached hydrogens (tertiary/aromatic N) is 3. The number of aromatic nitrogens is 2. The molecular formula is C13H24N4O2. The van der Waals surface area contributed by atoms with E-state index >= 15 is 0 Å². The van der Waals surface area contributed by atoms with E-state index in [1.165, 1.54) is 0 Å². The molecule has 19 heavy (non-hydrogen) atoms. The summed E-state index contributed by atoms with van der Waals surface area (Å²) in [5, 5.41) is 7.30. The van der Waals surface area contributed by atoms with E-state index in [0.29, 0.717) is 19.1 Å². The molecule has 2 atom stereocenters. The van der Waals surface area contributed by atoms with Crippen LogP contribution < -0.4 is 5.32 Å². The second-order valence-electron chi connectivity index (χ2n) is 4.86. The molecule has 108 valence electrons. The fourth-order valence-corrected chi connectivity index (χ4v) is 2.40. The fourth-order valence-electron chi connectivity index (χ4n) is 2.40. The Bertz CT molecular complexity index is 378. The van der Waals surface area contributed by atoms with Gasteiger partial charge in [0.15, 0.2) is 5.82 Å². The van der Waals surface area contributed by atoms with Gasteiger partial charge in [-0.25, -0.2) is 0 Å². The monoisotopic (exact) mass is 268 g/mol. The Morgan fingerprint density at radius 3 is 2.79 bits per heavy atom. The van der Waals surface area contributed by atoms with Crippen LogP contribution in [0.4, 0.5) is 0 Å². The van der Waals surface area contributed by atoms with Crippen molar-refractivity contribution < 1.29 is 9.26 Å². The zero-order valence-electron chi connectivity index (χ0n) is 12.1. The maximum absolute atomic E-state index is 5.46. The van der Waals surface area contributed by atoms with Crippen LogP contribution in [0, 0.1) is 0 Å². The van der Waals surface area contributed by atoms with Gasteiger partial charge in [0.05, 0.1) is 19.1 Å².